The van der Waals surface area contributed by atoms with Gasteiger partial charge in [0.15, 0.2) is 0 Å². The lowest BCUT2D eigenvalue weighted by Gasteiger charge is -2.23. The second-order valence-corrected chi connectivity index (χ2v) is 10.8. The van der Waals surface area contributed by atoms with Crippen LogP contribution in [0.4, 0.5) is 27.5 Å². The Morgan fingerprint density at radius 3 is 2.15 bits per heavy atom. The second kappa shape index (κ2) is 13.0. The van der Waals surface area contributed by atoms with Gasteiger partial charge in [0, 0.05) is 22.6 Å². The Morgan fingerprint density at radius 1 is 0.875 bits per heavy atom. The van der Waals surface area contributed by atoms with E-state index in [-0.39, 0.29) is 17.3 Å². The van der Waals surface area contributed by atoms with Crippen molar-refractivity contribution in [2.45, 2.75) is 64.9 Å². The van der Waals surface area contributed by atoms with E-state index < -0.39 is 23.5 Å². The topological polar surface area (TPSA) is 163 Å². The van der Waals surface area contributed by atoms with E-state index in [0.29, 0.717) is 28.1 Å². The number of carbonyl (C=O) groups is 3. The van der Waals surface area contributed by atoms with E-state index in [1.165, 1.54) is 18.1 Å². The highest BCUT2D eigenvalue weighted by Gasteiger charge is 2.27. The molecule has 0 aliphatic carbocycles. The molecule has 3 rings (SSSR count). The molecule has 3 amide bonds. The molecule has 0 aromatic heterocycles. The number of anilines is 4. The van der Waals surface area contributed by atoms with Crippen molar-refractivity contribution < 1.29 is 19.1 Å². The number of aryl methyl sites for hydroxylation is 1. The predicted octanol–water partition coefficient (Wildman–Crippen LogP) is 5.80. The number of primary amides is 1. The second-order valence-electron chi connectivity index (χ2n) is 10.8. The summed E-state index contributed by atoms with van der Waals surface area (Å²) in [6.07, 6.45) is 3.66. The summed E-state index contributed by atoms with van der Waals surface area (Å²) in [6.45, 7) is 7.37. The Labute approximate surface area is 235 Å². The maximum absolute atomic E-state index is 13.0. The van der Waals surface area contributed by atoms with Crippen molar-refractivity contribution in [3.05, 3.63) is 82.9 Å². The van der Waals surface area contributed by atoms with Crippen LogP contribution in [0.1, 0.15) is 79.9 Å². The maximum atomic E-state index is 13.0. The van der Waals surface area contributed by atoms with E-state index >= 15 is 0 Å². The number of unbranched alkanes of at least 4 members (excludes halogenated alkanes) is 2. The summed E-state index contributed by atoms with van der Waals surface area (Å²) in [7, 11) is 0. The number of hydrogen-bond donors (Lipinski definition) is 5. The van der Waals surface area contributed by atoms with Gasteiger partial charge in [0.05, 0.1) is 11.6 Å². The fourth-order valence-electron chi connectivity index (χ4n) is 4.34. The normalized spacial score (nSPS) is 11.9. The zero-order valence-electron chi connectivity index (χ0n) is 23.5. The first kappa shape index (κ1) is 30.0. The molecule has 9 nitrogen and oxygen atoms in total. The predicted molar refractivity (Wildman–Crippen MR) is 160 cm³/mol. The quantitative estimate of drug-likeness (QED) is 0.160. The molecule has 0 saturated heterocycles. The molecule has 0 aliphatic heterocycles. The van der Waals surface area contributed by atoms with Crippen molar-refractivity contribution in [3.8, 4) is 0 Å². The fourth-order valence-corrected chi connectivity index (χ4v) is 4.34. The molecule has 9 heteroatoms. The molecule has 0 spiro atoms. The molecule has 1 unspecified atom stereocenters. The Morgan fingerprint density at radius 2 is 1.55 bits per heavy atom. The number of carbonyl (C=O) groups excluding carboxylic acids is 3. The minimum atomic E-state index is -1.00. The van der Waals surface area contributed by atoms with Crippen LogP contribution >= 0.6 is 0 Å². The lowest BCUT2D eigenvalue weighted by Crippen LogP contribution is -2.29. The Hall–Kier alpha value is -4.53. The van der Waals surface area contributed by atoms with E-state index in [9.17, 15) is 14.4 Å². The lowest BCUT2D eigenvalue weighted by molar-refractivity contribution is -0.118. The molecule has 212 valence electrons. The Bertz CT molecular complexity index is 1360. The molecular weight excluding hydrogens is 506 g/mol. The zero-order chi connectivity index (χ0) is 29.4. The van der Waals surface area contributed by atoms with Gasteiger partial charge < -0.3 is 27.3 Å². The van der Waals surface area contributed by atoms with Crippen molar-refractivity contribution in [2.24, 2.45) is 5.73 Å². The summed E-state index contributed by atoms with van der Waals surface area (Å²) in [5.41, 5.74) is 20.9. The van der Waals surface area contributed by atoms with Crippen LogP contribution in [0.15, 0.2) is 60.7 Å². The van der Waals surface area contributed by atoms with Gasteiger partial charge in [0.1, 0.15) is 5.60 Å². The number of ether oxygens (including phenoxy) is 1. The molecule has 3 aromatic rings. The summed E-state index contributed by atoms with van der Waals surface area (Å²) >= 11 is 0. The standard InChI is InChI=1S/C31H39N5O4/c1-5-6-7-8-19-9-11-20(12-10-19)29(38)35-22-14-16-24(26(18-22)36-30(39)40-31(2,3)4)27(28(34)37)23-15-13-21(32)17-25(23)33/h9-18,27H,5-8,32-33H2,1-4H3,(H2,34,37)(H,35,38)(H,36,39). The summed E-state index contributed by atoms with van der Waals surface area (Å²) in [4.78, 5) is 38.4. The van der Waals surface area contributed by atoms with Gasteiger partial charge >= 0.3 is 6.09 Å². The molecular formula is C31H39N5O4. The van der Waals surface area contributed by atoms with E-state index in [2.05, 4.69) is 17.6 Å². The first-order valence-electron chi connectivity index (χ1n) is 13.4. The van der Waals surface area contributed by atoms with Crippen LogP contribution in [0.3, 0.4) is 0 Å². The van der Waals surface area contributed by atoms with E-state index in [4.69, 9.17) is 21.9 Å². The van der Waals surface area contributed by atoms with E-state index in [0.717, 1.165) is 19.3 Å². The Balaban J connectivity index is 1.94. The molecule has 0 aliphatic rings. The summed E-state index contributed by atoms with van der Waals surface area (Å²) < 4.78 is 5.42. The average Bonchev–Trinajstić information content (AvgIpc) is 2.86. The average molecular weight is 546 g/mol. The van der Waals surface area contributed by atoms with Crippen LogP contribution in [0.5, 0.6) is 0 Å². The maximum Gasteiger partial charge on any atom is 0.412 e. The molecule has 0 bridgehead atoms. The van der Waals surface area contributed by atoms with Crippen LogP contribution in [0, 0.1) is 0 Å². The van der Waals surface area contributed by atoms with E-state index in [1.54, 1.807) is 63.2 Å². The summed E-state index contributed by atoms with van der Waals surface area (Å²) in [5, 5.41) is 5.56. The highest BCUT2D eigenvalue weighted by atomic mass is 16.6. The van der Waals surface area contributed by atoms with Crippen LogP contribution in [0.2, 0.25) is 0 Å². The molecule has 0 saturated carbocycles. The van der Waals surface area contributed by atoms with Crippen LogP contribution < -0.4 is 27.8 Å². The number of rotatable bonds is 10. The van der Waals surface area contributed by atoms with E-state index in [1.807, 2.05) is 12.1 Å². The van der Waals surface area contributed by atoms with Gasteiger partial charge in [-0.05, 0) is 86.7 Å². The van der Waals surface area contributed by atoms with Gasteiger partial charge in [0.2, 0.25) is 5.91 Å². The van der Waals surface area contributed by atoms with Crippen molar-refractivity contribution in [1.82, 2.24) is 0 Å². The van der Waals surface area contributed by atoms with Crippen LogP contribution in [0.25, 0.3) is 0 Å². The number of amides is 3. The van der Waals surface area contributed by atoms with Gasteiger partial charge in [-0.3, -0.25) is 14.9 Å². The first-order valence-corrected chi connectivity index (χ1v) is 13.4. The number of nitrogens with two attached hydrogens (primary N) is 3. The number of benzene rings is 3. The molecule has 40 heavy (non-hydrogen) atoms. The molecule has 3 aromatic carbocycles. The largest absolute Gasteiger partial charge is 0.444 e. The minimum absolute atomic E-state index is 0.235. The third kappa shape index (κ3) is 8.23. The SMILES string of the molecule is CCCCCc1ccc(C(=O)Nc2ccc(C(C(N)=O)c3ccc(N)cc3N)c(NC(=O)OC(C)(C)C)c2)cc1. The van der Waals surface area contributed by atoms with Gasteiger partial charge in [-0.2, -0.15) is 0 Å². The van der Waals surface area contributed by atoms with Crippen molar-refractivity contribution in [2.75, 3.05) is 22.1 Å². The molecule has 0 fully saturated rings. The first-order chi connectivity index (χ1) is 18.9. The van der Waals surface area contributed by atoms with Gasteiger partial charge in [0.25, 0.3) is 5.91 Å². The monoisotopic (exact) mass is 545 g/mol. The Kier molecular flexibility index (Phi) is 9.77. The van der Waals surface area contributed by atoms with Gasteiger partial charge in [-0.15, -0.1) is 0 Å². The number of hydrogen-bond acceptors (Lipinski definition) is 6. The highest BCUT2D eigenvalue weighted by Crippen LogP contribution is 2.36. The number of nitrogens with one attached hydrogen (secondary N) is 2. The summed E-state index contributed by atoms with van der Waals surface area (Å²) in [6, 6.07) is 17.1. The zero-order valence-corrected chi connectivity index (χ0v) is 23.5. The molecule has 0 heterocycles. The van der Waals surface area contributed by atoms with Crippen LogP contribution in [-0.2, 0) is 16.0 Å². The number of nitrogen functional groups attached to an aromatic ring is 2. The van der Waals surface area contributed by atoms with Gasteiger partial charge in [-0.1, -0.05) is 44.0 Å². The van der Waals surface area contributed by atoms with Crippen molar-refractivity contribution in [3.63, 3.8) is 0 Å². The molecule has 1 atom stereocenters. The molecule has 8 N–H and O–H groups in total. The minimum Gasteiger partial charge on any atom is -0.444 e. The smallest absolute Gasteiger partial charge is 0.412 e. The molecule has 0 radical (unpaired) electrons. The third-order valence-corrected chi connectivity index (χ3v) is 6.25. The van der Waals surface area contributed by atoms with Crippen molar-refractivity contribution >= 4 is 40.7 Å². The van der Waals surface area contributed by atoms with Crippen LogP contribution in [-0.4, -0.2) is 23.5 Å². The summed E-state index contributed by atoms with van der Waals surface area (Å²) in [5.74, 6) is -2.00. The highest BCUT2D eigenvalue weighted by molar-refractivity contribution is 6.05. The lowest BCUT2D eigenvalue weighted by atomic mass is 9.88. The van der Waals surface area contributed by atoms with Gasteiger partial charge in [-0.25, -0.2) is 4.79 Å². The third-order valence-electron chi connectivity index (χ3n) is 6.25. The van der Waals surface area contributed by atoms with Crippen molar-refractivity contribution in [1.29, 1.82) is 0 Å². The fraction of sp³-hybridized carbons (Fsp3) is 0.323.